The van der Waals surface area contributed by atoms with Crippen LogP contribution in [0.3, 0.4) is 0 Å². The van der Waals surface area contributed by atoms with Crippen molar-refractivity contribution < 1.29 is 4.79 Å². The summed E-state index contributed by atoms with van der Waals surface area (Å²) in [5.74, 6) is 0.0762. The quantitative estimate of drug-likeness (QED) is 0.365. The van der Waals surface area contributed by atoms with Gasteiger partial charge in [0, 0.05) is 42.9 Å². The van der Waals surface area contributed by atoms with Crippen LogP contribution in [-0.4, -0.2) is 32.5 Å². The van der Waals surface area contributed by atoms with Crippen molar-refractivity contribution in [2.45, 2.75) is 13.0 Å². The van der Waals surface area contributed by atoms with Crippen LogP contribution in [0.2, 0.25) is 10.0 Å². The van der Waals surface area contributed by atoms with Crippen molar-refractivity contribution in [3.8, 4) is 11.1 Å². The van der Waals surface area contributed by atoms with Crippen LogP contribution in [-0.2, 0) is 17.8 Å². The van der Waals surface area contributed by atoms with Gasteiger partial charge in [-0.3, -0.25) is 19.1 Å². The monoisotopic (exact) mass is 494 g/mol. The molecule has 0 saturated carbocycles. The molecule has 4 aromatic rings. The lowest BCUT2D eigenvalue weighted by Crippen LogP contribution is -2.24. The topological polar surface area (TPSA) is 102 Å². The van der Waals surface area contributed by atoms with Crippen molar-refractivity contribution in [2.24, 2.45) is 0 Å². The Kier molecular flexibility index (Phi) is 6.90. The van der Waals surface area contributed by atoms with E-state index in [9.17, 15) is 9.59 Å². The highest BCUT2D eigenvalue weighted by Gasteiger charge is 2.17. The molecule has 0 atom stereocenters. The van der Waals surface area contributed by atoms with Crippen LogP contribution in [0.25, 0.3) is 22.2 Å². The molecule has 0 aliphatic heterocycles. The maximum atomic E-state index is 13.6. The van der Waals surface area contributed by atoms with E-state index in [0.717, 1.165) is 5.69 Å². The highest BCUT2D eigenvalue weighted by molar-refractivity contribution is 6.39. The van der Waals surface area contributed by atoms with E-state index in [1.807, 2.05) is 0 Å². The maximum Gasteiger partial charge on any atom is 0.260 e. The summed E-state index contributed by atoms with van der Waals surface area (Å²) >= 11 is 12.8. The molecule has 10 heteroatoms. The minimum atomic E-state index is -0.317. The molecule has 1 aromatic carbocycles. The lowest BCUT2D eigenvalue weighted by atomic mass is 10.1. The van der Waals surface area contributed by atoms with Crippen molar-refractivity contribution >= 4 is 51.8 Å². The lowest BCUT2D eigenvalue weighted by molar-refractivity contribution is -0.111. The van der Waals surface area contributed by atoms with Crippen LogP contribution in [0.5, 0.6) is 0 Å². The van der Waals surface area contributed by atoms with Crippen LogP contribution >= 0.6 is 23.2 Å². The second-order valence-corrected chi connectivity index (χ2v) is 8.13. The molecule has 0 unspecified atom stereocenters. The Morgan fingerprint density at radius 2 is 1.91 bits per heavy atom. The molecule has 0 aliphatic carbocycles. The maximum absolute atomic E-state index is 13.6. The van der Waals surface area contributed by atoms with Gasteiger partial charge in [-0.1, -0.05) is 35.8 Å². The predicted molar refractivity (Wildman–Crippen MR) is 136 cm³/mol. The minimum Gasteiger partial charge on any atom is -0.357 e. The number of carbonyl (C=O) groups excluding carboxylic acids is 1. The van der Waals surface area contributed by atoms with Crippen molar-refractivity contribution in [1.29, 1.82) is 0 Å². The summed E-state index contributed by atoms with van der Waals surface area (Å²) in [6.45, 7) is 3.73. The van der Waals surface area contributed by atoms with Gasteiger partial charge in [0.15, 0.2) is 0 Å². The molecule has 0 bridgehead atoms. The summed E-state index contributed by atoms with van der Waals surface area (Å²) in [6.07, 6.45) is 4.83. The number of halogens is 2. The molecule has 3 heterocycles. The largest absolute Gasteiger partial charge is 0.357 e. The summed E-state index contributed by atoms with van der Waals surface area (Å²) < 4.78 is 1.57. The summed E-state index contributed by atoms with van der Waals surface area (Å²) in [6, 6.07) is 10.3. The van der Waals surface area contributed by atoms with E-state index in [0.29, 0.717) is 56.8 Å². The zero-order valence-electron chi connectivity index (χ0n) is 18.2. The highest BCUT2D eigenvalue weighted by atomic mass is 35.5. The zero-order chi connectivity index (χ0) is 24.2. The predicted octanol–water partition coefficient (Wildman–Crippen LogP) is 4.57. The zero-order valence-corrected chi connectivity index (χ0v) is 19.7. The van der Waals surface area contributed by atoms with E-state index < -0.39 is 0 Å². The van der Waals surface area contributed by atoms with Crippen LogP contribution in [0.15, 0.2) is 66.2 Å². The van der Waals surface area contributed by atoms with Gasteiger partial charge in [-0.05, 0) is 36.4 Å². The molecule has 34 heavy (non-hydrogen) atoms. The number of hydrogen-bond donors (Lipinski definition) is 2. The number of benzene rings is 1. The Morgan fingerprint density at radius 1 is 1.15 bits per heavy atom. The molecule has 8 nitrogen and oxygen atoms in total. The number of nitrogens with one attached hydrogen (secondary N) is 2. The second kappa shape index (κ2) is 10.0. The second-order valence-electron chi connectivity index (χ2n) is 7.32. The number of carbonyl (C=O) groups is 1. The Hall–Kier alpha value is -3.75. The van der Waals surface area contributed by atoms with Gasteiger partial charge in [-0.25, -0.2) is 4.98 Å². The van der Waals surface area contributed by atoms with E-state index in [4.69, 9.17) is 23.2 Å². The van der Waals surface area contributed by atoms with Crippen LogP contribution in [0, 0.1) is 0 Å². The number of pyridine rings is 2. The van der Waals surface area contributed by atoms with E-state index in [-0.39, 0.29) is 11.5 Å². The van der Waals surface area contributed by atoms with Crippen molar-refractivity contribution in [3.63, 3.8) is 0 Å². The first-order valence-electron chi connectivity index (χ1n) is 10.3. The summed E-state index contributed by atoms with van der Waals surface area (Å²) in [7, 11) is 1.71. The Bertz CT molecular complexity index is 1430. The first-order valence-corrected chi connectivity index (χ1v) is 11.1. The molecule has 4 rings (SSSR count). The van der Waals surface area contributed by atoms with Gasteiger partial charge < -0.3 is 10.6 Å². The fraction of sp³-hybridized carbons (Fsp3) is 0.125. The number of amides is 1. The molecule has 3 aromatic heterocycles. The average Bonchev–Trinajstić information content (AvgIpc) is 2.84. The third kappa shape index (κ3) is 4.78. The van der Waals surface area contributed by atoms with Crippen molar-refractivity contribution in [2.75, 3.05) is 17.7 Å². The molecule has 0 spiro atoms. The van der Waals surface area contributed by atoms with Gasteiger partial charge in [0.05, 0.1) is 27.5 Å². The molecule has 2 N–H and O–H groups in total. The first kappa shape index (κ1) is 23.4. The van der Waals surface area contributed by atoms with Crippen LogP contribution in [0.4, 0.5) is 11.6 Å². The lowest BCUT2D eigenvalue weighted by Gasteiger charge is -2.14. The normalized spacial score (nSPS) is 10.8. The van der Waals surface area contributed by atoms with Gasteiger partial charge in [0.25, 0.3) is 5.56 Å². The fourth-order valence-electron chi connectivity index (χ4n) is 3.49. The number of anilines is 2. The fourth-order valence-corrected chi connectivity index (χ4v) is 4.09. The molecular weight excluding hydrogens is 475 g/mol. The van der Waals surface area contributed by atoms with E-state index in [1.165, 1.54) is 6.08 Å². The molecule has 0 saturated heterocycles. The highest BCUT2D eigenvalue weighted by Crippen LogP contribution is 2.33. The van der Waals surface area contributed by atoms with Crippen LogP contribution in [0.1, 0.15) is 5.69 Å². The molecule has 0 fully saturated rings. The molecular formula is C24H20Cl2N6O2. The summed E-state index contributed by atoms with van der Waals surface area (Å²) in [5.41, 5.74) is 2.31. The third-order valence-corrected chi connectivity index (χ3v) is 5.78. The summed E-state index contributed by atoms with van der Waals surface area (Å²) in [5, 5.41) is 6.97. The molecule has 1 amide bonds. The number of rotatable bonds is 7. The number of fused-ring (bicyclic) bond motifs is 1. The minimum absolute atomic E-state index is 0.280. The number of nitrogens with zero attached hydrogens (tertiary/aromatic N) is 4. The molecule has 0 aliphatic rings. The Labute approximate surface area is 205 Å². The molecule has 172 valence electrons. The third-order valence-electron chi connectivity index (χ3n) is 5.15. The van der Waals surface area contributed by atoms with Gasteiger partial charge in [-0.2, -0.15) is 4.98 Å². The van der Waals surface area contributed by atoms with Gasteiger partial charge in [-0.15, -0.1) is 0 Å². The van der Waals surface area contributed by atoms with E-state index in [1.54, 1.807) is 60.4 Å². The number of aromatic nitrogens is 4. The summed E-state index contributed by atoms with van der Waals surface area (Å²) in [4.78, 5) is 38.2. The first-order chi connectivity index (χ1) is 16.4. The van der Waals surface area contributed by atoms with Gasteiger partial charge in [0.2, 0.25) is 11.9 Å². The standard InChI is InChI=1S/C24H20Cl2N6O2/c1-3-20(33)30-16-8-7-15(28-13-16)9-10-32-22-14(12-29-24(27-2)31-22)11-17(23(32)34)21-18(25)5-4-6-19(21)26/h3-8,11-13H,1,9-10H2,2H3,(H,30,33)(H,27,29,31). The smallest absolute Gasteiger partial charge is 0.260 e. The van der Waals surface area contributed by atoms with Gasteiger partial charge in [0.1, 0.15) is 5.65 Å². The SMILES string of the molecule is C=CC(=O)Nc1ccc(CCn2c(=O)c(-c3c(Cl)cccc3Cl)cc3cnc(NC)nc32)nc1. The van der Waals surface area contributed by atoms with Crippen LogP contribution < -0.4 is 16.2 Å². The average molecular weight is 495 g/mol. The Balaban J connectivity index is 1.76. The van der Waals surface area contributed by atoms with Crippen molar-refractivity contribution in [3.05, 3.63) is 87.5 Å². The van der Waals surface area contributed by atoms with Crippen molar-refractivity contribution in [1.82, 2.24) is 19.5 Å². The van der Waals surface area contributed by atoms with Gasteiger partial charge >= 0.3 is 0 Å². The van der Waals surface area contributed by atoms with E-state index >= 15 is 0 Å². The number of hydrogen-bond acceptors (Lipinski definition) is 6. The Morgan fingerprint density at radius 3 is 2.56 bits per heavy atom. The molecule has 0 radical (unpaired) electrons. The number of aryl methyl sites for hydroxylation is 2. The van der Waals surface area contributed by atoms with E-state index in [2.05, 4.69) is 32.2 Å².